The standard InChI is InChI=1S/C18H28N2O2/c1-3-5-15-22-18(21)16-6-8-17(9-7-16)20-13-11-19(10-4-2)12-14-20/h6-9H,3-5,10-15H2,1-2H3. The summed E-state index contributed by atoms with van der Waals surface area (Å²) in [6, 6.07) is 7.82. The van der Waals surface area contributed by atoms with Gasteiger partial charge in [-0.2, -0.15) is 0 Å². The summed E-state index contributed by atoms with van der Waals surface area (Å²) in [5, 5.41) is 0. The van der Waals surface area contributed by atoms with Crippen LogP contribution in [0.2, 0.25) is 0 Å². The molecule has 1 aromatic rings. The van der Waals surface area contributed by atoms with Crippen LogP contribution in [0.25, 0.3) is 0 Å². The van der Waals surface area contributed by atoms with Gasteiger partial charge in [-0.25, -0.2) is 4.79 Å². The zero-order valence-electron chi connectivity index (χ0n) is 13.9. The van der Waals surface area contributed by atoms with Gasteiger partial charge in [0.2, 0.25) is 0 Å². The highest BCUT2D eigenvalue weighted by atomic mass is 16.5. The van der Waals surface area contributed by atoms with Crippen molar-refractivity contribution >= 4 is 11.7 Å². The van der Waals surface area contributed by atoms with Crippen LogP contribution in [0.3, 0.4) is 0 Å². The molecule has 0 amide bonds. The van der Waals surface area contributed by atoms with Crippen molar-refractivity contribution in [2.75, 3.05) is 44.2 Å². The summed E-state index contributed by atoms with van der Waals surface area (Å²) in [5.41, 5.74) is 1.84. The van der Waals surface area contributed by atoms with Gasteiger partial charge < -0.3 is 9.64 Å². The lowest BCUT2D eigenvalue weighted by atomic mass is 10.2. The molecular weight excluding hydrogens is 276 g/mol. The minimum absolute atomic E-state index is 0.215. The maximum atomic E-state index is 11.9. The first-order chi connectivity index (χ1) is 10.7. The third-order valence-electron chi connectivity index (χ3n) is 4.11. The molecule has 0 spiro atoms. The normalized spacial score (nSPS) is 15.8. The molecule has 1 fully saturated rings. The average molecular weight is 304 g/mol. The maximum Gasteiger partial charge on any atom is 0.338 e. The highest BCUT2D eigenvalue weighted by Gasteiger charge is 2.16. The van der Waals surface area contributed by atoms with Crippen molar-refractivity contribution in [3.05, 3.63) is 29.8 Å². The van der Waals surface area contributed by atoms with Crippen molar-refractivity contribution in [2.24, 2.45) is 0 Å². The second-order valence-corrected chi connectivity index (χ2v) is 5.87. The second-order valence-electron chi connectivity index (χ2n) is 5.87. The molecule has 1 aliphatic heterocycles. The average Bonchev–Trinajstić information content (AvgIpc) is 2.56. The van der Waals surface area contributed by atoms with E-state index in [0.717, 1.165) is 39.0 Å². The molecule has 0 unspecified atom stereocenters. The van der Waals surface area contributed by atoms with Crippen molar-refractivity contribution in [1.29, 1.82) is 0 Å². The molecule has 4 heteroatoms. The number of unbranched alkanes of at least 4 members (excludes halogenated alkanes) is 1. The van der Waals surface area contributed by atoms with Gasteiger partial charge in [-0.3, -0.25) is 4.90 Å². The van der Waals surface area contributed by atoms with Crippen molar-refractivity contribution < 1.29 is 9.53 Å². The van der Waals surface area contributed by atoms with Crippen molar-refractivity contribution in [1.82, 2.24) is 4.90 Å². The molecule has 0 N–H and O–H groups in total. The quantitative estimate of drug-likeness (QED) is 0.572. The van der Waals surface area contributed by atoms with E-state index < -0.39 is 0 Å². The Kier molecular flexibility index (Phi) is 6.72. The van der Waals surface area contributed by atoms with Crippen LogP contribution in [0.1, 0.15) is 43.5 Å². The Morgan fingerprint density at radius 3 is 2.32 bits per heavy atom. The van der Waals surface area contributed by atoms with Crippen LogP contribution in [-0.4, -0.2) is 50.2 Å². The van der Waals surface area contributed by atoms with Crippen LogP contribution in [0.15, 0.2) is 24.3 Å². The van der Waals surface area contributed by atoms with Gasteiger partial charge in [0.25, 0.3) is 0 Å². The number of piperazine rings is 1. The third-order valence-corrected chi connectivity index (χ3v) is 4.11. The minimum Gasteiger partial charge on any atom is -0.462 e. The van der Waals surface area contributed by atoms with Gasteiger partial charge >= 0.3 is 5.97 Å². The van der Waals surface area contributed by atoms with E-state index in [1.54, 1.807) is 0 Å². The lowest BCUT2D eigenvalue weighted by molar-refractivity contribution is 0.0500. The number of nitrogens with zero attached hydrogens (tertiary/aromatic N) is 2. The molecule has 2 rings (SSSR count). The Bertz CT molecular complexity index is 451. The molecule has 1 aromatic carbocycles. The molecular formula is C18H28N2O2. The Labute approximate surface area is 134 Å². The Balaban J connectivity index is 1.85. The molecule has 0 aliphatic carbocycles. The number of carbonyl (C=O) groups excluding carboxylic acids is 1. The number of ether oxygens (including phenoxy) is 1. The molecule has 0 saturated carbocycles. The molecule has 0 radical (unpaired) electrons. The number of benzene rings is 1. The van der Waals surface area contributed by atoms with Crippen molar-refractivity contribution in [3.63, 3.8) is 0 Å². The van der Waals surface area contributed by atoms with Gasteiger partial charge in [0.05, 0.1) is 12.2 Å². The third kappa shape index (κ3) is 4.73. The van der Waals surface area contributed by atoms with E-state index in [2.05, 4.69) is 23.6 Å². The van der Waals surface area contributed by atoms with E-state index >= 15 is 0 Å². The molecule has 1 aliphatic rings. The summed E-state index contributed by atoms with van der Waals surface area (Å²) in [6.07, 6.45) is 3.18. The van der Waals surface area contributed by atoms with Gasteiger partial charge in [0.1, 0.15) is 0 Å². The predicted octanol–water partition coefficient (Wildman–Crippen LogP) is 3.18. The van der Waals surface area contributed by atoms with Crippen LogP contribution < -0.4 is 4.90 Å². The van der Waals surface area contributed by atoms with E-state index in [-0.39, 0.29) is 5.97 Å². The largest absolute Gasteiger partial charge is 0.462 e. The number of esters is 1. The number of hydrogen-bond donors (Lipinski definition) is 0. The number of carbonyl (C=O) groups is 1. The van der Waals surface area contributed by atoms with Crippen LogP contribution in [0.5, 0.6) is 0 Å². The van der Waals surface area contributed by atoms with Gasteiger partial charge in [0.15, 0.2) is 0 Å². The monoisotopic (exact) mass is 304 g/mol. The first kappa shape index (κ1) is 16.8. The van der Waals surface area contributed by atoms with E-state index in [9.17, 15) is 4.79 Å². The minimum atomic E-state index is -0.215. The van der Waals surface area contributed by atoms with E-state index in [4.69, 9.17) is 4.74 Å². The lowest BCUT2D eigenvalue weighted by Crippen LogP contribution is -2.46. The van der Waals surface area contributed by atoms with Gasteiger partial charge in [-0.05, 0) is 43.7 Å². The summed E-state index contributed by atoms with van der Waals surface area (Å²) in [5.74, 6) is -0.215. The lowest BCUT2D eigenvalue weighted by Gasteiger charge is -2.36. The van der Waals surface area contributed by atoms with Crippen LogP contribution in [-0.2, 0) is 4.74 Å². The summed E-state index contributed by atoms with van der Waals surface area (Å²) in [7, 11) is 0. The summed E-state index contributed by atoms with van der Waals surface area (Å²) < 4.78 is 5.24. The zero-order chi connectivity index (χ0) is 15.8. The summed E-state index contributed by atoms with van der Waals surface area (Å²) in [4.78, 5) is 16.8. The fourth-order valence-corrected chi connectivity index (χ4v) is 2.75. The maximum absolute atomic E-state index is 11.9. The molecule has 4 nitrogen and oxygen atoms in total. The number of hydrogen-bond acceptors (Lipinski definition) is 4. The molecule has 22 heavy (non-hydrogen) atoms. The molecule has 1 saturated heterocycles. The van der Waals surface area contributed by atoms with Crippen molar-refractivity contribution in [2.45, 2.75) is 33.1 Å². The molecule has 1 heterocycles. The van der Waals surface area contributed by atoms with E-state index in [1.807, 2.05) is 24.3 Å². The number of rotatable bonds is 7. The van der Waals surface area contributed by atoms with Crippen LogP contribution in [0, 0.1) is 0 Å². The first-order valence-electron chi connectivity index (χ1n) is 8.49. The summed E-state index contributed by atoms with van der Waals surface area (Å²) >= 11 is 0. The molecule has 0 aromatic heterocycles. The van der Waals surface area contributed by atoms with E-state index in [0.29, 0.717) is 12.2 Å². The van der Waals surface area contributed by atoms with Crippen LogP contribution in [0.4, 0.5) is 5.69 Å². The smallest absolute Gasteiger partial charge is 0.338 e. The fraction of sp³-hybridized carbons (Fsp3) is 0.611. The van der Waals surface area contributed by atoms with Gasteiger partial charge in [-0.1, -0.05) is 20.3 Å². The Morgan fingerprint density at radius 2 is 1.73 bits per heavy atom. The second kappa shape index (κ2) is 8.79. The SMILES string of the molecule is CCCCOC(=O)c1ccc(N2CCN(CCC)CC2)cc1. The zero-order valence-corrected chi connectivity index (χ0v) is 13.9. The Morgan fingerprint density at radius 1 is 1.05 bits per heavy atom. The van der Waals surface area contributed by atoms with Gasteiger partial charge in [0, 0.05) is 31.9 Å². The van der Waals surface area contributed by atoms with Crippen LogP contribution >= 0.6 is 0 Å². The highest BCUT2D eigenvalue weighted by Crippen LogP contribution is 2.18. The molecule has 0 bridgehead atoms. The predicted molar refractivity (Wildman–Crippen MR) is 90.6 cm³/mol. The molecule has 122 valence electrons. The molecule has 0 atom stereocenters. The fourth-order valence-electron chi connectivity index (χ4n) is 2.75. The van der Waals surface area contributed by atoms with Gasteiger partial charge in [-0.15, -0.1) is 0 Å². The van der Waals surface area contributed by atoms with E-state index in [1.165, 1.54) is 18.7 Å². The highest BCUT2D eigenvalue weighted by molar-refractivity contribution is 5.89. The summed E-state index contributed by atoms with van der Waals surface area (Å²) in [6.45, 7) is 10.4. The van der Waals surface area contributed by atoms with Crippen molar-refractivity contribution in [3.8, 4) is 0 Å². The first-order valence-corrected chi connectivity index (χ1v) is 8.49. The Hall–Kier alpha value is -1.55. The number of anilines is 1. The topological polar surface area (TPSA) is 32.8 Å².